The van der Waals surface area contributed by atoms with Crippen molar-refractivity contribution in [2.24, 2.45) is 5.16 Å². The minimum absolute atomic E-state index is 0.605. The Hall–Kier alpha value is -2.68. The first-order valence-electron chi connectivity index (χ1n) is 8.95. The van der Waals surface area contributed by atoms with Crippen LogP contribution in [-0.4, -0.2) is 58.9 Å². The second kappa shape index (κ2) is 9.71. The lowest BCUT2D eigenvalue weighted by molar-refractivity contribution is 0.129. The molecule has 0 atom stereocenters. The fraction of sp³-hybridized carbons (Fsp3) is 0.333. The van der Waals surface area contributed by atoms with Crippen molar-refractivity contribution >= 4 is 6.21 Å². The van der Waals surface area contributed by atoms with Gasteiger partial charge in [0.1, 0.15) is 5.69 Å². The highest BCUT2D eigenvalue weighted by molar-refractivity contribution is 5.76. The monoisotopic (exact) mass is 348 g/mol. The highest BCUT2D eigenvalue weighted by atomic mass is 16.4. The van der Waals surface area contributed by atoms with Crippen molar-refractivity contribution in [3.63, 3.8) is 0 Å². The number of pyridine rings is 1. The second-order valence-corrected chi connectivity index (χ2v) is 6.35. The van der Waals surface area contributed by atoms with E-state index >= 15 is 0 Å². The van der Waals surface area contributed by atoms with Crippen LogP contribution < -0.4 is 0 Å². The molecule has 0 amide bonds. The summed E-state index contributed by atoms with van der Waals surface area (Å²) in [5.41, 5.74) is 2.69. The lowest BCUT2D eigenvalue weighted by Crippen LogP contribution is -2.46. The van der Waals surface area contributed by atoms with Gasteiger partial charge in [-0.05, 0) is 23.6 Å². The van der Waals surface area contributed by atoms with Crippen molar-refractivity contribution in [1.29, 1.82) is 0 Å². The zero-order valence-electron chi connectivity index (χ0n) is 14.9. The molecule has 1 aliphatic rings. The van der Waals surface area contributed by atoms with Crippen molar-refractivity contribution in [2.45, 2.75) is 13.0 Å². The molecule has 0 spiro atoms. The van der Waals surface area contributed by atoms with Crippen LogP contribution in [0.3, 0.4) is 0 Å². The molecule has 2 aromatic rings. The van der Waals surface area contributed by atoms with Crippen LogP contribution in [0.4, 0.5) is 0 Å². The van der Waals surface area contributed by atoms with Crippen LogP contribution in [0, 0.1) is 11.8 Å². The lowest BCUT2D eigenvalue weighted by Gasteiger charge is -2.34. The first-order valence-corrected chi connectivity index (χ1v) is 8.95. The van der Waals surface area contributed by atoms with Crippen molar-refractivity contribution in [3.05, 3.63) is 65.5 Å². The van der Waals surface area contributed by atoms with Crippen LogP contribution in [0.25, 0.3) is 0 Å². The van der Waals surface area contributed by atoms with Gasteiger partial charge in [0, 0.05) is 45.7 Å². The third-order valence-corrected chi connectivity index (χ3v) is 4.44. The number of hydrogen-bond donors (Lipinski definition) is 1. The zero-order chi connectivity index (χ0) is 18.0. The molecule has 2 heterocycles. The summed E-state index contributed by atoms with van der Waals surface area (Å²) in [7, 11) is 0. The van der Waals surface area contributed by atoms with E-state index in [-0.39, 0.29) is 0 Å². The van der Waals surface area contributed by atoms with Crippen LogP contribution in [0.5, 0.6) is 0 Å². The third kappa shape index (κ3) is 5.69. The van der Waals surface area contributed by atoms with E-state index in [4.69, 9.17) is 5.21 Å². The molecule has 5 heteroatoms. The summed E-state index contributed by atoms with van der Waals surface area (Å²) in [6.07, 6.45) is 2.14. The van der Waals surface area contributed by atoms with Crippen LogP contribution in [0.15, 0.2) is 53.7 Å². The Bertz CT molecular complexity index is 771. The molecule has 3 rings (SSSR count). The molecule has 1 aliphatic heterocycles. The lowest BCUT2D eigenvalue weighted by atomic mass is 10.2. The molecule has 1 N–H and O–H groups in total. The average Bonchev–Trinajstić information content (AvgIpc) is 2.68. The molecule has 0 aliphatic carbocycles. The van der Waals surface area contributed by atoms with Gasteiger partial charge in [0.15, 0.2) is 0 Å². The molecule has 1 aromatic carbocycles. The maximum atomic E-state index is 8.55. The van der Waals surface area contributed by atoms with Crippen molar-refractivity contribution in [2.75, 3.05) is 32.7 Å². The highest BCUT2D eigenvalue weighted by Crippen LogP contribution is 2.08. The molecular weight excluding hydrogens is 324 g/mol. The van der Waals surface area contributed by atoms with Crippen molar-refractivity contribution in [3.8, 4) is 11.8 Å². The molecule has 5 nitrogen and oxygen atoms in total. The normalized spacial score (nSPS) is 15.7. The second-order valence-electron chi connectivity index (χ2n) is 6.35. The predicted molar refractivity (Wildman–Crippen MR) is 103 cm³/mol. The van der Waals surface area contributed by atoms with E-state index in [0.717, 1.165) is 45.7 Å². The van der Waals surface area contributed by atoms with Crippen LogP contribution in [0.1, 0.15) is 23.4 Å². The van der Waals surface area contributed by atoms with Gasteiger partial charge in [0.05, 0.1) is 11.9 Å². The fourth-order valence-electron chi connectivity index (χ4n) is 3.03. The fourth-order valence-corrected chi connectivity index (χ4v) is 3.03. The Kier molecular flexibility index (Phi) is 6.77. The van der Waals surface area contributed by atoms with Gasteiger partial charge in [-0.1, -0.05) is 47.5 Å². The Morgan fingerprint density at radius 2 is 1.77 bits per heavy atom. The maximum Gasteiger partial charge on any atom is 0.113 e. The van der Waals surface area contributed by atoms with Gasteiger partial charge in [-0.2, -0.15) is 0 Å². The molecule has 0 unspecified atom stereocenters. The van der Waals surface area contributed by atoms with E-state index in [9.17, 15) is 0 Å². The number of hydrogen-bond acceptors (Lipinski definition) is 5. The average molecular weight is 348 g/mol. The summed E-state index contributed by atoms with van der Waals surface area (Å²) in [4.78, 5) is 9.27. The van der Waals surface area contributed by atoms with Gasteiger partial charge in [-0.25, -0.2) is 4.98 Å². The van der Waals surface area contributed by atoms with Gasteiger partial charge in [-0.15, -0.1) is 0 Å². The van der Waals surface area contributed by atoms with E-state index in [1.54, 1.807) is 6.07 Å². The van der Waals surface area contributed by atoms with E-state index < -0.39 is 0 Å². The maximum absolute atomic E-state index is 8.55. The smallest absolute Gasteiger partial charge is 0.113 e. The minimum atomic E-state index is 0.605. The number of nitrogens with zero attached hydrogens (tertiary/aromatic N) is 4. The number of piperazine rings is 1. The number of oxime groups is 1. The number of aromatic nitrogens is 1. The minimum Gasteiger partial charge on any atom is -0.411 e. The van der Waals surface area contributed by atoms with Gasteiger partial charge < -0.3 is 5.21 Å². The molecular formula is C21H24N4O. The standard InChI is InChI=1S/C21H24N4O/c26-22-17-21-11-6-10-20(23-21)9-4-5-12-24-13-15-25(16-14-24)18-19-7-2-1-3-8-19/h1-3,6-8,10-11,17,26H,5,12-16,18H2/b22-17+. The molecule has 1 saturated heterocycles. The SMILES string of the molecule is O/N=C/c1cccc(C#CCCN2CCN(Cc3ccccc3)CC2)n1. The van der Waals surface area contributed by atoms with Gasteiger partial charge in [-0.3, -0.25) is 9.80 Å². The summed E-state index contributed by atoms with van der Waals surface area (Å²) in [5.74, 6) is 6.28. The summed E-state index contributed by atoms with van der Waals surface area (Å²) in [5, 5.41) is 11.5. The first kappa shape index (κ1) is 18.1. The van der Waals surface area contributed by atoms with Gasteiger partial charge in [0.25, 0.3) is 0 Å². The molecule has 134 valence electrons. The summed E-state index contributed by atoms with van der Waals surface area (Å²) in [6.45, 7) is 6.42. The summed E-state index contributed by atoms with van der Waals surface area (Å²) >= 11 is 0. The summed E-state index contributed by atoms with van der Waals surface area (Å²) < 4.78 is 0. The number of rotatable bonds is 5. The van der Waals surface area contributed by atoms with Gasteiger partial charge in [0.2, 0.25) is 0 Å². The molecule has 26 heavy (non-hydrogen) atoms. The van der Waals surface area contributed by atoms with Gasteiger partial charge >= 0.3 is 0 Å². The van der Waals surface area contributed by atoms with Crippen molar-refractivity contribution in [1.82, 2.24) is 14.8 Å². The third-order valence-electron chi connectivity index (χ3n) is 4.44. The Labute approximate surface area is 155 Å². The largest absolute Gasteiger partial charge is 0.411 e. The predicted octanol–water partition coefficient (Wildman–Crippen LogP) is 2.45. The van der Waals surface area contributed by atoms with Crippen LogP contribution in [0.2, 0.25) is 0 Å². The summed E-state index contributed by atoms with van der Waals surface area (Å²) in [6, 6.07) is 16.2. The Morgan fingerprint density at radius 1 is 1.00 bits per heavy atom. The Balaban J connectivity index is 1.40. The van der Waals surface area contributed by atoms with E-state index in [0.29, 0.717) is 11.4 Å². The van der Waals surface area contributed by atoms with E-state index in [1.807, 2.05) is 12.1 Å². The topological polar surface area (TPSA) is 52.0 Å². The molecule has 1 aromatic heterocycles. The van der Waals surface area contributed by atoms with Crippen LogP contribution in [-0.2, 0) is 6.54 Å². The van der Waals surface area contributed by atoms with E-state index in [2.05, 4.69) is 62.1 Å². The van der Waals surface area contributed by atoms with Crippen molar-refractivity contribution < 1.29 is 5.21 Å². The molecule has 1 fully saturated rings. The molecule has 0 radical (unpaired) electrons. The quantitative estimate of drug-likeness (QED) is 0.390. The first-order chi connectivity index (χ1) is 12.8. The number of benzene rings is 1. The van der Waals surface area contributed by atoms with Crippen LogP contribution >= 0.6 is 0 Å². The molecule has 0 bridgehead atoms. The highest BCUT2D eigenvalue weighted by Gasteiger charge is 2.16. The zero-order valence-corrected chi connectivity index (χ0v) is 14.9. The Morgan fingerprint density at radius 3 is 2.54 bits per heavy atom. The van der Waals surface area contributed by atoms with E-state index in [1.165, 1.54) is 11.8 Å². The molecule has 0 saturated carbocycles.